The molecule has 2 aromatic carbocycles. The SMILES string of the molecule is Cc1nc(-c2cc3cc(OCCN[C@@H](CO)c4cccc(Cl)c4)ccc3o2)no1. The lowest BCUT2D eigenvalue weighted by Gasteiger charge is -2.17. The van der Waals surface area contributed by atoms with Crippen molar-refractivity contribution in [3.05, 3.63) is 65.0 Å². The van der Waals surface area contributed by atoms with Crippen molar-refractivity contribution in [3.8, 4) is 17.3 Å². The number of rotatable bonds is 8. The Bertz CT molecular complexity index is 1110. The van der Waals surface area contributed by atoms with E-state index in [2.05, 4.69) is 15.5 Å². The van der Waals surface area contributed by atoms with Crippen LogP contribution in [0.25, 0.3) is 22.6 Å². The Morgan fingerprint density at radius 3 is 2.86 bits per heavy atom. The molecule has 0 fully saturated rings. The monoisotopic (exact) mass is 413 g/mol. The highest BCUT2D eigenvalue weighted by molar-refractivity contribution is 6.30. The smallest absolute Gasteiger partial charge is 0.238 e. The van der Waals surface area contributed by atoms with E-state index in [1.165, 1.54) is 0 Å². The number of aliphatic hydroxyl groups is 1. The van der Waals surface area contributed by atoms with Crippen molar-refractivity contribution in [2.24, 2.45) is 0 Å². The van der Waals surface area contributed by atoms with E-state index in [1.807, 2.05) is 42.5 Å². The Balaban J connectivity index is 1.36. The molecule has 4 aromatic rings. The van der Waals surface area contributed by atoms with Crippen molar-refractivity contribution in [3.63, 3.8) is 0 Å². The Hall–Kier alpha value is -2.87. The first kappa shape index (κ1) is 19.4. The normalized spacial score (nSPS) is 12.4. The lowest BCUT2D eigenvalue weighted by atomic mass is 10.1. The number of ether oxygens (including phenoxy) is 1. The fourth-order valence-corrected chi connectivity index (χ4v) is 3.23. The summed E-state index contributed by atoms with van der Waals surface area (Å²) >= 11 is 6.02. The van der Waals surface area contributed by atoms with Crippen LogP contribution in [0.4, 0.5) is 0 Å². The predicted octanol–water partition coefficient (Wildman–Crippen LogP) is 4.15. The number of fused-ring (bicyclic) bond motifs is 1. The lowest BCUT2D eigenvalue weighted by Crippen LogP contribution is -2.28. The third-order valence-electron chi connectivity index (χ3n) is 4.43. The summed E-state index contributed by atoms with van der Waals surface area (Å²) in [6, 6.07) is 14.7. The first-order chi connectivity index (χ1) is 14.1. The summed E-state index contributed by atoms with van der Waals surface area (Å²) in [4.78, 5) is 4.17. The first-order valence-corrected chi connectivity index (χ1v) is 9.57. The van der Waals surface area contributed by atoms with E-state index in [1.54, 1.807) is 13.0 Å². The molecule has 0 aliphatic heterocycles. The number of nitrogens with zero attached hydrogens (tertiary/aromatic N) is 2. The molecule has 0 radical (unpaired) electrons. The molecule has 150 valence electrons. The average molecular weight is 414 g/mol. The summed E-state index contributed by atoms with van der Waals surface area (Å²) in [5.74, 6) is 2.17. The van der Waals surface area contributed by atoms with Crippen LogP contribution >= 0.6 is 11.6 Å². The Morgan fingerprint density at radius 1 is 1.21 bits per heavy atom. The van der Waals surface area contributed by atoms with E-state index in [9.17, 15) is 5.11 Å². The van der Waals surface area contributed by atoms with Crippen LogP contribution < -0.4 is 10.1 Å². The highest BCUT2D eigenvalue weighted by Crippen LogP contribution is 2.29. The molecule has 4 rings (SSSR count). The molecule has 2 heterocycles. The molecule has 0 amide bonds. The second-order valence-corrected chi connectivity index (χ2v) is 6.98. The fraction of sp³-hybridized carbons (Fsp3) is 0.238. The van der Waals surface area contributed by atoms with Crippen LogP contribution in [-0.2, 0) is 0 Å². The third-order valence-corrected chi connectivity index (χ3v) is 4.67. The topological polar surface area (TPSA) is 93.5 Å². The third kappa shape index (κ3) is 4.59. The van der Waals surface area contributed by atoms with Gasteiger partial charge < -0.3 is 24.1 Å². The number of halogens is 1. The Kier molecular flexibility index (Phi) is 5.80. The molecule has 8 heteroatoms. The van der Waals surface area contributed by atoms with Gasteiger partial charge in [-0.2, -0.15) is 4.98 Å². The maximum atomic E-state index is 9.63. The number of hydrogen-bond donors (Lipinski definition) is 2. The minimum Gasteiger partial charge on any atom is -0.492 e. The van der Waals surface area contributed by atoms with Crippen LogP contribution in [0.3, 0.4) is 0 Å². The molecule has 0 unspecified atom stereocenters. The summed E-state index contributed by atoms with van der Waals surface area (Å²) in [6.45, 7) is 2.71. The molecule has 0 saturated carbocycles. The zero-order valence-corrected chi connectivity index (χ0v) is 16.5. The molecule has 2 aromatic heterocycles. The van der Waals surface area contributed by atoms with Gasteiger partial charge in [-0.05, 0) is 42.0 Å². The maximum Gasteiger partial charge on any atom is 0.238 e. The number of furan rings is 1. The largest absolute Gasteiger partial charge is 0.492 e. The molecule has 0 saturated heterocycles. The molecule has 1 atom stereocenters. The van der Waals surface area contributed by atoms with Crippen molar-refractivity contribution in [1.82, 2.24) is 15.5 Å². The van der Waals surface area contributed by atoms with Gasteiger partial charge >= 0.3 is 0 Å². The number of aryl methyl sites for hydroxylation is 1. The van der Waals surface area contributed by atoms with Gasteiger partial charge in [0.2, 0.25) is 11.7 Å². The summed E-state index contributed by atoms with van der Waals surface area (Å²) in [6.07, 6.45) is 0. The second kappa shape index (κ2) is 8.65. The molecule has 0 bridgehead atoms. The molecule has 0 spiro atoms. The van der Waals surface area contributed by atoms with Gasteiger partial charge in [0.1, 0.15) is 17.9 Å². The zero-order chi connectivity index (χ0) is 20.2. The standard InChI is InChI=1S/C21H20ClN3O4/c1-13-24-21(25-29-13)20-11-15-10-17(5-6-19(15)28-20)27-8-7-23-18(12-26)14-3-2-4-16(22)9-14/h2-6,9-11,18,23,26H,7-8,12H2,1H3/t18-/m0/s1. The first-order valence-electron chi connectivity index (χ1n) is 9.19. The average Bonchev–Trinajstić information content (AvgIpc) is 3.33. The van der Waals surface area contributed by atoms with Crippen molar-refractivity contribution < 1.29 is 18.8 Å². The minimum absolute atomic E-state index is 0.0281. The zero-order valence-electron chi connectivity index (χ0n) is 15.8. The van der Waals surface area contributed by atoms with E-state index in [-0.39, 0.29) is 12.6 Å². The van der Waals surface area contributed by atoms with Gasteiger partial charge in [-0.3, -0.25) is 0 Å². The van der Waals surface area contributed by atoms with Gasteiger partial charge in [-0.15, -0.1) is 0 Å². The quantitative estimate of drug-likeness (QED) is 0.419. The molecule has 29 heavy (non-hydrogen) atoms. The molecule has 7 nitrogen and oxygen atoms in total. The summed E-state index contributed by atoms with van der Waals surface area (Å²) in [7, 11) is 0. The summed E-state index contributed by atoms with van der Waals surface area (Å²) in [5.41, 5.74) is 1.65. The van der Waals surface area contributed by atoms with Crippen LogP contribution in [0.2, 0.25) is 5.02 Å². The number of aromatic nitrogens is 2. The van der Waals surface area contributed by atoms with Crippen molar-refractivity contribution in [1.29, 1.82) is 0 Å². The lowest BCUT2D eigenvalue weighted by molar-refractivity contribution is 0.232. The van der Waals surface area contributed by atoms with Gasteiger partial charge in [0.25, 0.3) is 0 Å². The van der Waals surface area contributed by atoms with Gasteiger partial charge in [0.05, 0.1) is 12.6 Å². The van der Waals surface area contributed by atoms with Gasteiger partial charge in [-0.1, -0.05) is 28.9 Å². The van der Waals surface area contributed by atoms with Crippen LogP contribution in [0.5, 0.6) is 5.75 Å². The van der Waals surface area contributed by atoms with Crippen molar-refractivity contribution in [2.45, 2.75) is 13.0 Å². The Morgan fingerprint density at radius 2 is 2.10 bits per heavy atom. The highest BCUT2D eigenvalue weighted by Gasteiger charge is 2.13. The number of hydrogen-bond acceptors (Lipinski definition) is 7. The number of nitrogens with one attached hydrogen (secondary N) is 1. The molecular weight excluding hydrogens is 394 g/mol. The van der Waals surface area contributed by atoms with Crippen LogP contribution in [0.15, 0.2) is 57.5 Å². The second-order valence-electron chi connectivity index (χ2n) is 6.54. The fourth-order valence-electron chi connectivity index (χ4n) is 3.03. The van der Waals surface area contributed by atoms with E-state index >= 15 is 0 Å². The maximum absolute atomic E-state index is 9.63. The number of aliphatic hydroxyl groups excluding tert-OH is 1. The molecule has 0 aliphatic carbocycles. The van der Waals surface area contributed by atoms with Crippen molar-refractivity contribution in [2.75, 3.05) is 19.8 Å². The predicted molar refractivity (Wildman–Crippen MR) is 109 cm³/mol. The van der Waals surface area contributed by atoms with Crippen LogP contribution in [0.1, 0.15) is 17.5 Å². The summed E-state index contributed by atoms with van der Waals surface area (Å²) < 4.78 is 16.6. The highest BCUT2D eigenvalue weighted by atomic mass is 35.5. The van der Waals surface area contributed by atoms with E-state index in [4.69, 9.17) is 25.3 Å². The van der Waals surface area contributed by atoms with Crippen molar-refractivity contribution >= 4 is 22.6 Å². The minimum atomic E-state index is -0.199. The molecule has 2 N–H and O–H groups in total. The van der Waals surface area contributed by atoms with Gasteiger partial charge in [0.15, 0.2) is 5.76 Å². The van der Waals surface area contributed by atoms with Gasteiger partial charge in [0, 0.05) is 23.9 Å². The molecular formula is C21H20ClN3O4. The van der Waals surface area contributed by atoms with E-state index in [0.717, 1.165) is 16.7 Å². The van der Waals surface area contributed by atoms with E-state index < -0.39 is 0 Å². The number of benzene rings is 2. The van der Waals surface area contributed by atoms with E-state index in [0.29, 0.717) is 41.2 Å². The Labute approximate surface area is 172 Å². The summed E-state index contributed by atoms with van der Waals surface area (Å²) in [5, 5.41) is 18.3. The molecule has 0 aliphatic rings. The van der Waals surface area contributed by atoms with Crippen LogP contribution in [0, 0.1) is 6.92 Å². The van der Waals surface area contributed by atoms with Crippen LogP contribution in [-0.4, -0.2) is 35.0 Å². The van der Waals surface area contributed by atoms with Gasteiger partial charge in [-0.25, -0.2) is 0 Å².